The quantitative estimate of drug-likeness (QED) is 0.179. The van der Waals surface area contributed by atoms with E-state index in [4.69, 9.17) is 9.72 Å². The Morgan fingerprint density at radius 2 is 1.70 bits per heavy atom. The molecule has 1 amide bonds. The first-order valence-corrected chi connectivity index (χ1v) is 13.3. The van der Waals surface area contributed by atoms with Gasteiger partial charge >= 0.3 is 5.97 Å². The molecule has 0 spiro atoms. The number of benzene rings is 3. The smallest absolute Gasteiger partial charge is 0.341 e. The molecule has 3 aromatic carbocycles. The van der Waals surface area contributed by atoms with Gasteiger partial charge in [-0.15, -0.1) is 11.3 Å². The van der Waals surface area contributed by atoms with Gasteiger partial charge in [-0.25, -0.2) is 9.78 Å². The molecule has 0 unspecified atom stereocenters. The number of amides is 1. The number of unbranched alkanes of at least 4 members (excludes halogenated alkanes) is 1. The van der Waals surface area contributed by atoms with Gasteiger partial charge in [0.1, 0.15) is 10.6 Å². The van der Waals surface area contributed by atoms with Crippen LogP contribution in [0.2, 0.25) is 0 Å². The molecule has 2 aromatic heterocycles. The van der Waals surface area contributed by atoms with Gasteiger partial charge in [-0.05, 0) is 44.0 Å². The number of ether oxygens (including phenoxy) is 1. The Morgan fingerprint density at radius 1 is 0.946 bits per heavy atom. The molecule has 0 fully saturated rings. The van der Waals surface area contributed by atoms with E-state index < -0.39 is 5.97 Å². The monoisotopic (exact) mass is 508 g/mol. The third-order valence-corrected chi connectivity index (χ3v) is 7.46. The van der Waals surface area contributed by atoms with Crippen molar-refractivity contribution >= 4 is 49.2 Å². The summed E-state index contributed by atoms with van der Waals surface area (Å²) in [5.74, 6) is -0.712. The van der Waals surface area contributed by atoms with Crippen LogP contribution in [0.5, 0.6) is 0 Å². The van der Waals surface area contributed by atoms with Crippen LogP contribution in [0.4, 0.5) is 5.00 Å². The van der Waals surface area contributed by atoms with Crippen molar-refractivity contribution in [2.45, 2.75) is 33.6 Å². The Balaban J connectivity index is 1.58. The van der Waals surface area contributed by atoms with Gasteiger partial charge in [-0.2, -0.15) is 0 Å². The van der Waals surface area contributed by atoms with Crippen molar-refractivity contribution in [2.75, 3.05) is 11.9 Å². The van der Waals surface area contributed by atoms with E-state index in [2.05, 4.69) is 18.3 Å². The minimum absolute atomic E-state index is 0.293. The van der Waals surface area contributed by atoms with Crippen LogP contribution in [0.1, 0.15) is 51.6 Å². The highest BCUT2D eigenvalue weighted by molar-refractivity contribution is 7.23. The number of hydrogen-bond acceptors (Lipinski definition) is 5. The lowest BCUT2D eigenvalue weighted by atomic mass is 9.99. The summed E-state index contributed by atoms with van der Waals surface area (Å²) in [4.78, 5) is 31.7. The van der Waals surface area contributed by atoms with Crippen molar-refractivity contribution in [3.8, 4) is 11.3 Å². The highest BCUT2D eigenvalue weighted by Gasteiger charge is 2.23. The number of nitrogens with zero attached hydrogens (tertiary/aromatic N) is 1. The summed E-state index contributed by atoms with van der Waals surface area (Å²) in [5.41, 5.74) is 5.62. The molecule has 2 heterocycles. The van der Waals surface area contributed by atoms with Crippen LogP contribution in [-0.2, 0) is 4.74 Å². The van der Waals surface area contributed by atoms with Gasteiger partial charge in [0.25, 0.3) is 5.91 Å². The lowest BCUT2D eigenvalue weighted by Gasteiger charge is -2.12. The number of carbonyl (C=O) groups excluding carboxylic acids is 2. The molecule has 6 heteroatoms. The molecule has 0 aliphatic heterocycles. The molecule has 5 nitrogen and oxygen atoms in total. The predicted molar refractivity (Wildman–Crippen MR) is 152 cm³/mol. The van der Waals surface area contributed by atoms with E-state index >= 15 is 0 Å². The zero-order valence-corrected chi connectivity index (χ0v) is 21.9. The van der Waals surface area contributed by atoms with Crippen LogP contribution < -0.4 is 5.32 Å². The van der Waals surface area contributed by atoms with Crippen molar-refractivity contribution in [2.24, 2.45) is 0 Å². The van der Waals surface area contributed by atoms with Gasteiger partial charge in [0.15, 0.2) is 0 Å². The number of para-hydroxylation sites is 1. The molecule has 5 rings (SSSR count). The average Bonchev–Trinajstić information content (AvgIpc) is 3.26. The van der Waals surface area contributed by atoms with Crippen molar-refractivity contribution in [1.29, 1.82) is 0 Å². The zero-order valence-electron chi connectivity index (χ0n) is 21.1. The van der Waals surface area contributed by atoms with Gasteiger partial charge in [0.2, 0.25) is 0 Å². The molecule has 1 N–H and O–H groups in total. The number of pyridine rings is 1. The van der Waals surface area contributed by atoms with Crippen molar-refractivity contribution in [3.63, 3.8) is 0 Å². The van der Waals surface area contributed by atoms with E-state index in [0.29, 0.717) is 22.7 Å². The SMILES string of the molecule is CCCCOC(=O)c1c(NC(=O)c2cc(-c3ccc(C)cc3C)nc3ccccc23)sc2ccccc12. The van der Waals surface area contributed by atoms with Gasteiger partial charge < -0.3 is 10.1 Å². The fourth-order valence-electron chi connectivity index (χ4n) is 4.49. The highest BCUT2D eigenvalue weighted by Crippen LogP contribution is 2.37. The molecule has 0 saturated heterocycles. The first kappa shape index (κ1) is 24.7. The van der Waals surface area contributed by atoms with E-state index in [1.807, 2.05) is 80.6 Å². The van der Waals surface area contributed by atoms with Gasteiger partial charge in [0.05, 0.1) is 23.4 Å². The van der Waals surface area contributed by atoms with Crippen molar-refractivity contribution < 1.29 is 14.3 Å². The van der Waals surface area contributed by atoms with Crippen molar-refractivity contribution in [1.82, 2.24) is 4.98 Å². The largest absolute Gasteiger partial charge is 0.462 e. The lowest BCUT2D eigenvalue weighted by molar-refractivity contribution is 0.0503. The normalized spacial score (nSPS) is 11.1. The molecule has 0 aliphatic carbocycles. The molecule has 37 heavy (non-hydrogen) atoms. The third-order valence-electron chi connectivity index (χ3n) is 6.38. The number of esters is 1. The van der Waals surface area contributed by atoms with Gasteiger partial charge in [-0.1, -0.05) is 73.5 Å². The number of carbonyl (C=O) groups is 2. The van der Waals surface area contributed by atoms with E-state index in [-0.39, 0.29) is 5.91 Å². The summed E-state index contributed by atoms with van der Waals surface area (Å²) in [5, 5.41) is 5.05. The molecule has 0 bridgehead atoms. The lowest BCUT2D eigenvalue weighted by Crippen LogP contribution is -2.15. The van der Waals surface area contributed by atoms with Gasteiger partial charge in [0, 0.05) is 21.0 Å². The number of thiophene rings is 1. The van der Waals surface area contributed by atoms with Crippen LogP contribution in [0.25, 0.3) is 32.2 Å². The first-order chi connectivity index (χ1) is 18.0. The van der Waals surface area contributed by atoms with Gasteiger partial charge in [-0.3, -0.25) is 4.79 Å². The second kappa shape index (κ2) is 10.5. The Bertz CT molecular complexity index is 1640. The second-order valence-corrected chi connectivity index (χ2v) is 10.2. The van der Waals surface area contributed by atoms with E-state index in [1.54, 1.807) is 0 Å². The minimum Gasteiger partial charge on any atom is -0.462 e. The summed E-state index contributed by atoms with van der Waals surface area (Å²) in [6.45, 7) is 6.50. The zero-order chi connectivity index (χ0) is 25.9. The number of nitrogens with one attached hydrogen (secondary N) is 1. The number of aromatic nitrogens is 1. The fraction of sp³-hybridized carbons (Fsp3) is 0.194. The number of aryl methyl sites for hydroxylation is 2. The maximum Gasteiger partial charge on any atom is 0.341 e. The fourth-order valence-corrected chi connectivity index (χ4v) is 5.58. The Hall–Kier alpha value is -4.03. The standard InChI is InChI=1S/C31H28N2O3S/c1-4-5-16-36-31(35)28-23-11-7-9-13-27(23)37-30(28)33-29(34)24-18-26(21-15-14-19(2)17-20(21)3)32-25-12-8-6-10-22(24)25/h6-15,17-18H,4-5,16H2,1-3H3,(H,33,34). The summed E-state index contributed by atoms with van der Waals surface area (Å²) in [6, 6.07) is 23.3. The summed E-state index contributed by atoms with van der Waals surface area (Å²) >= 11 is 1.38. The Labute approximate surface area is 220 Å². The summed E-state index contributed by atoms with van der Waals surface area (Å²) < 4.78 is 6.45. The van der Waals surface area contributed by atoms with Crippen LogP contribution in [-0.4, -0.2) is 23.5 Å². The Kier molecular flexibility index (Phi) is 7.01. The molecule has 5 aromatic rings. The Morgan fingerprint density at radius 3 is 2.49 bits per heavy atom. The molecule has 0 saturated carbocycles. The van der Waals surface area contributed by atoms with Crippen LogP contribution in [0, 0.1) is 13.8 Å². The topological polar surface area (TPSA) is 68.3 Å². The number of fused-ring (bicyclic) bond motifs is 2. The second-order valence-electron chi connectivity index (χ2n) is 9.14. The molecule has 0 atom stereocenters. The maximum absolute atomic E-state index is 13.8. The minimum atomic E-state index is -0.420. The molecule has 186 valence electrons. The first-order valence-electron chi connectivity index (χ1n) is 12.4. The summed E-state index contributed by atoms with van der Waals surface area (Å²) in [6.07, 6.45) is 1.72. The van der Waals surface area contributed by atoms with E-state index in [9.17, 15) is 9.59 Å². The molecule has 0 aliphatic rings. The van der Waals surface area contributed by atoms with Crippen LogP contribution in [0.3, 0.4) is 0 Å². The van der Waals surface area contributed by atoms with E-state index in [1.165, 1.54) is 16.9 Å². The maximum atomic E-state index is 13.8. The average molecular weight is 509 g/mol. The number of hydrogen-bond donors (Lipinski definition) is 1. The number of rotatable bonds is 7. The summed E-state index contributed by atoms with van der Waals surface area (Å²) in [7, 11) is 0. The predicted octanol–water partition coefficient (Wildman–Crippen LogP) is 7.94. The third kappa shape index (κ3) is 4.98. The molecular formula is C31H28N2O3S. The van der Waals surface area contributed by atoms with Crippen LogP contribution >= 0.6 is 11.3 Å². The highest BCUT2D eigenvalue weighted by atomic mass is 32.1. The van der Waals surface area contributed by atoms with Crippen molar-refractivity contribution in [3.05, 3.63) is 95.1 Å². The van der Waals surface area contributed by atoms with E-state index in [0.717, 1.165) is 50.7 Å². The van der Waals surface area contributed by atoms with Crippen LogP contribution in [0.15, 0.2) is 72.8 Å². The number of anilines is 1. The molecular weight excluding hydrogens is 480 g/mol. The molecule has 0 radical (unpaired) electrons.